The van der Waals surface area contributed by atoms with Crippen molar-refractivity contribution in [1.29, 1.82) is 0 Å². The van der Waals surface area contributed by atoms with Crippen molar-refractivity contribution in [2.45, 2.75) is 32.2 Å². The molecule has 1 N–H and O–H groups in total. The van der Waals surface area contributed by atoms with Gasteiger partial charge in [0, 0.05) is 12.6 Å². The first kappa shape index (κ1) is 14.4. The van der Waals surface area contributed by atoms with Gasteiger partial charge in [0.2, 0.25) is 5.91 Å². The molecule has 2 aliphatic rings. The van der Waals surface area contributed by atoms with E-state index in [1.165, 1.54) is 0 Å². The summed E-state index contributed by atoms with van der Waals surface area (Å²) in [6.45, 7) is 5.41. The number of para-hydroxylation sites is 1. The zero-order valence-electron chi connectivity index (χ0n) is 12.7. The van der Waals surface area contributed by atoms with Gasteiger partial charge in [-0.05, 0) is 50.9 Å². The van der Waals surface area contributed by atoms with Gasteiger partial charge >= 0.3 is 0 Å². The third-order valence-electron chi connectivity index (χ3n) is 4.60. The second-order valence-corrected chi connectivity index (χ2v) is 5.93. The Bertz CT molecular complexity index is 497. The molecule has 1 aromatic rings. The summed E-state index contributed by atoms with van der Waals surface area (Å²) in [4.78, 5) is 14.9. The van der Waals surface area contributed by atoms with Crippen LogP contribution in [0.25, 0.3) is 0 Å². The highest BCUT2D eigenvalue weighted by Crippen LogP contribution is 2.28. The third-order valence-corrected chi connectivity index (χ3v) is 4.60. The largest absolute Gasteiger partial charge is 0.492 e. The van der Waals surface area contributed by atoms with E-state index in [2.05, 4.69) is 23.2 Å². The van der Waals surface area contributed by atoms with Crippen molar-refractivity contribution in [2.24, 2.45) is 5.92 Å². The first-order valence-electron chi connectivity index (χ1n) is 8.01. The van der Waals surface area contributed by atoms with E-state index in [0.717, 1.165) is 50.2 Å². The van der Waals surface area contributed by atoms with Crippen LogP contribution in [0, 0.1) is 5.92 Å². The van der Waals surface area contributed by atoms with Crippen molar-refractivity contribution in [2.75, 3.05) is 26.2 Å². The van der Waals surface area contributed by atoms with Crippen LogP contribution in [0.4, 0.5) is 0 Å². The molecule has 114 valence electrons. The summed E-state index contributed by atoms with van der Waals surface area (Å²) in [7, 11) is 0. The number of benzene rings is 1. The zero-order valence-corrected chi connectivity index (χ0v) is 12.7. The van der Waals surface area contributed by atoms with E-state index < -0.39 is 0 Å². The minimum Gasteiger partial charge on any atom is -0.492 e. The van der Waals surface area contributed by atoms with Crippen LogP contribution in [0.2, 0.25) is 0 Å². The number of rotatable bonds is 3. The Kier molecular flexibility index (Phi) is 4.44. The highest BCUT2D eigenvalue weighted by atomic mass is 16.5. The summed E-state index contributed by atoms with van der Waals surface area (Å²) in [6, 6.07) is 8.44. The van der Waals surface area contributed by atoms with Crippen LogP contribution in [0.1, 0.15) is 25.3 Å². The number of piperidine rings is 1. The molecule has 1 atom stereocenters. The topological polar surface area (TPSA) is 41.6 Å². The first-order chi connectivity index (χ1) is 10.3. The van der Waals surface area contributed by atoms with E-state index in [1.54, 1.807) is 0 Å². The number of ether oxygens (including phenoxy) is 1. The number of hydrogen-bond acceptors (Lipinski definition) is 3. The van der Waals surface area contributed by atoms with Gasteiger partial charge in [0.1, 0.15) is 12.4 Å². The average molecular weight is 288 g/mol. The van der Waals surface area contributed by atoms with Crippen LogP contribution in [0.3, 0.4) is 0 Å². The molecule has 0 spiro atoms. The molecule has 3 rings (SSSR count). The van der Waals surface area contributed by atoms with Gasteiger partial charge in [0.15, 0.2) is 0 Å². The Labute approximate surface area is 126 Å². The van der Waals surface area contributed by atoms with Gasteiger partial charge in [-0.2, -0.15) is 0 Å². The van der Waals surface area contributed by atoms with Crippen molar-refractivity contribution in [3.05, 3.63) is 29.8 Å². The van der Waals surface area contributed by atoms with E-state index in [-0.39, 0.29) is 11.8 Å². The summed E-state index contributed by atoms with van der Waals surface area (Å²) in [5, 5.41) is 3.36. The van der Waals surface area contributed by atoms with Crippen LogP contribution < -0.4 is 10.1 Å². The van der Waals surface area contributed by atoms with Crippen LogP contribution in [-0.2, 0) is 11.2 Å². The van der Waals surface area contributed by atoms with Crippen molar-refractivity contribution >= 4 is 5.91 Å². The number of amides is 1. The number of fused-ring (bicyclic) bond motifs is 1. The number of nitrogens with one attached hydrogen (secondary N) is 1. The van der Waals surface area contributed by atoms with Crippen molar-refractivity contribution in [1.82, 2.24) is 10.2 Å². The Hall–Kier alpha value is -1.55. The van der Waals surface area contributed by atoms with Gasteiger partial charge in [-0.1, -0.05) is 18.2 Å². The Balaban J connectivity index is 1.69. The van der Waals surface area contributed by atoms with Crippen LogP contribution in [-0.4, -0.2) is 43.1 Å². The second kappa shape index (κ2) is 6.48. The molecule has 0 aliphatic carbocycles. The Morgan fingerprint density at radius 1 is 1.33 bits per heavy atom. The lowest BCUT2D eigenvalue weighted by atomic mass is 9.94. The van der Waals surface area contributed by atoms with Crippen molar-refractivity contribution < 1.29 is 9.53 Å². The summed E-state index contributed by atoms with van der Waals surface area (Å²) < 4.78 is 5.78. The van der Waals surface area contributed by atoms with Crippen molar-refractivity contribution in [3.8, 4) is 5.75 Å². The molecule has 2 heterocycles. The summed E-state index contributed by atoms with van der Waals surface area (Å²) in [5.74, 6) is 1.17. The minimum atomic E-state index is -0.0327. The van der Waals surface area contributed by atoms with E-state index >= 15 is 0 Å². The molecule has 4 heteroatoms. The van der Waals surface area contributed by atoms with Gasteiger partial charge in [-0.25, -0.2) is 0 Å². The zero-order chi connectivity index (χ0) is 14.7. The molecule has 2 aliphatic heterocycles. The average Bonchev–Trinajstić information content (AvgIpc) is 2.56. The van der Waals surface area contributed by atoms with Crippen LogP contribution in [0.5, 0.6) is 5.75 Å². The lowest BCUT2D eigenvalue weighted by Crippen LogP contribution is -2.49. The third kappa shape index (κ3) is 3.05. The summed E-state index contributed by atoms with van der Waals surface area (Å²) in [5.41, 5.74) is 1.16. The first-order valence-corrected chi connectivity index (χ1v) is 8.01. The van der Waals surface area contributed by atoms with E-state index in [1.807, 2.05) is 18.2 Å². The minimum absolute atomic E-state index is 0.0327. The van der Waals surface area contributed by atoms with Gasteiger partial charge in [0.05, 0.1) is 5.92 Å². The van der Waals surface area contributed by atoms with Crippen LogP contribution in [0.15, 0.2) is 24.3 Å². The maximum atomic E-state index is 12.9. The van der Waals surface area contributed by atoms with Gasteiger partial charge in [0.25, 0.3) is 0 Å². The fraction of sp³-hybridized carbons (Fsp3) is 0.588. The predicted molar refractivity (Wildman–Crippen MR) is 82.4 cm³/mol. The summed E-state index contributed by atoms with van der Waals surface area (Å²) >= 11 is 0. The fourth-order valence-corrected chi connectivity index (χ4v) is 3.43. The SMILES string of the molecule is CCN(C(=O)C1COc2ccccc2C1)C1CCNCC1. The highest BCUT2D eigenvalue weighted by molar-refractivity contribution is 5.80. The molecule has 1 saturated heterocycles. The normalized spacial score (nSPS) is 22.2. The predicted octanol–water partition coefficient (Wildman–Crippen LogP) is 1.84. The second-order valence-electron chi connectivity index (χ2n) is 5.93. The number of hydrogen-bond donors (Lipinski definition) is 1. The maximum Gasteiger partial charge on any atom is 0.229 e. The maximum absolute atomic E-state index is 12.9. The van der Waals surface area contributed by atoms with Gasteiger partial charge in [-0.3, -0.25) is 4.79 Å². The summed E-state index contributed by atoms with van der Waals surface area (Å²) in [6.07, 6.45) is 2.92. The Morgan fingerprint density at radius 3 is 2.86 bits per heavy atom. The molecule has 0 saturated carbocycles. The lowest BCUT2D eigenvalue weighted by molar-refractivity contribution is -0.139. The quantitative estimate of drug-likeness (QED) is 0.923. The molecule has 4 nitrogen and oxygen atoms in total. The molecule has 1 fully saturated rings. The highest BCUT2D eigenvalue weighted by Gasteiger charge is 2.32. The molecule has 1 amide bonds. The molecule has 1 unspecified atom stereocenters. The fourth-order valence-electron chi connectivity index (χ4n) is 3.43. The molecular formula is C17H24N2O2. The standard InChI is InChI=1S/C17H24N2O2/c1-2-19(15-7-9-18-10-8-15)17(20)14-11-13-5-3-4-6-16(13)21-12-14/h3-6,14-15,18H,2,7-12H2,1H3. The monoisotopic (exact) mass is 288 g/mol. The number of carbonyl (C=O) groups is 1. The molecule has 0 aromatic heterocycles. The van der Waals surface area contributed by atoms with E-state index in [0.29, 0.717) is 12.6 Å². The van der Waals surface area contributed by atoms with E-state index in [9.17, 15) is 4.79 Å². The van der Waals surface area contributed by atoms with E-state index in [4.69, 9.17) is 4.74 Å². The number of nitrogens with zero attached hydrogens (tertiary/aromatic N) is 1. The van der Waals surface area contributed by atoms with Gasteiger partial charge < -0.3 is 15.0 Å². The van der Waals surface area contributed by atoms with Crippen LogP contribution >= 0.6 is 0 Å². The molecule has 21 heavy (non-hydrogen) atoms. The van der Waals surface area contributed by atoms with Crippen molar-refractivity contribution in [3.63, 3.8) is 0 Å². The van der Waals surface area contributed by atoms with Gasteiger partial charge in [-0.15, -0.1) is 0 Å². The molecule has 0 bridgehead atoms. The Morgan fingerprint density at radius 2 is 2.10 bits per heavy atom. The lowest BCUT2D eigenvalue weighted by Gasteiger charge is -2.37. The molecular weight excluding hydrogens is 264 g/mol. The number of carbonyl (C=O) groups excluding carboxylic acids is 1. The smallest absolute Gasteiger partial charge is 0.229 e. The molecule has 1 aromatic carbocycles. The molecule has 0 radical (unpaired) electrons.